The molecular formula is C18H15BrO2. The van der Waals surface area contributed by atoms with Crippen molar-refractivity contribution in [3.8, 4) is 0 Å². The fraction of sp³-hybridized carbons (Fsp3) is 0.222. The topological polar surface area (TPSA) is 34.1 Å². The number of ketones is 2. The molecule has 1 atom stereocenters. The van der Waals surface area contributed by atoms with Crippen LogP contribution in [0.4, 0.5) is 0 Å². The first-order chi connectivity index (χ1) is 10.1. The summed E-state index contributed by atoms with van der Waals surface area (Å²) in [5, 5.41) is 0. The Hall–Kier alpha value is -1.74. The highest BCUT2D eigenvalue weighted by Crippen LogP contribution is 2.28. The van der Waals surface area contributed by atoms with Crippen molar-refractivity contribution < 1.29 is 9.59 Å². The quantitative estimate of drug-likeness (QED) is 0.771. The largest absolute Gasteiger partial charge is 0.294 e. The lowest BCUT2D eigenvalue weighted by Gasteiger charge is -2.22. The predicted octanol–water partition coefficient (Wildman–Crippen LogP) is 4.47. The van der Waals surface area contributed by atoms with Gasteiger partial charge in [0.2, 0.25) is 0 Å². The molecule has 0 fully saturated rings. The molecule has 2 aromatic rings. The zero-order valence-corrected chi connectivity index (χ0v) is 13.1. The lowest BCUT2D eigenvalue weighted by Crippen LogP contribution is -2.25. The van der Waals surface area contributed by atoms with Gasteiger partial charge in [-0.05, 0) is 30.5 Å². The molecule has 0 heterocycles. The van der Waals surface area contributed by atoms with Crippen LogP contribution < -0.4 is 0 Å². The van der Waals surface area contributed by atoms with Gasteiger partial charge in [-0.25, -0.2) is 0 Å². The van der Waals surface area contributed by atoms with E-state index in [-0.39, 0.29) is 17.5 Å². The number of aryl methyl sites for hydroxylation is 1. The van der Waals surface area contributed by atoms with Crippen LogP contribution in [0.3, 0.4) is 0 Å². The van der Waals surface area contributed by atoms with E-state index in [1.165, 1.54) is 0 Å². The Balaban J connectivity index is 1.76. The van der Waals surface area contributed by atoms with E-state index >= 15 is 0 Å². The summed E-state index contributed by atoms with van der Waals surface area (Å²) in [7, 11) is 0. The van der Waals surface area contributed by atoms with Crippen LogP contribution in [0, 0.1) is 5.92 Å². The number of carbonyl (C=O) groups is 2. The average molecular weight is 343 g/mol. The number of benzene rings is 2. The SMILES string of the molecule is O=C(CC1CCc2ccccc2C1=O)c1ccc(Br)cc1. The molecule has 0 bridgehead atoms. The van der Waals surface area contributed by atoms with Gasteiger partial charge in [0.15, 0.2) is 11.6 Å². The maximum absolute atomic E-state index is 12.5. The van der Waals surface area contributed by atoms with Gasteiger partial charge in [0.05, 0.1) is 0 Å². The fourth-order valence-electron chi connectivity index (χ4n) is 2.83. The van der Waals surface area contributed by atoms with Gasteiger partial charge in [-0.1, -0.05) is 52.3 Å². The Morgan fingerprint density at radius 2 is 1.81 bits per heavy atom. The highest BCUT2D eigenvalue weighted by Gasteiger charge is 2.28. The van der Waals surface area contributed by atoms with Gasteiger partial charge < -0.3 is 0 Å². The van der Waals surface area contributed by atoms with Gasteiger partial charge in [-0.15, -0.1) is 0 Å². The maximum atomic E-state index is 12.5. The Labute approximate surface area is 132 Å². The first-order valence-electron chi connectivity index (χ1n) is 7.06. The highest BCUT2D eigenvalue weighted by molar-refractivity contribution is 9.10. The van der Waals surface area contributed by atoms with E-state index < -0.39 is 0 Å². The monoisotopic (exact) mass is 342 g/mol. The van der Waals surface area contributed by atoms with E-state index in [0.717, 1.165) is 28.4 Å². The molecule has 1 aliphatic carbocycles. The number of fused-ring (bicyclic) bond motifs is 1. The summed E-state index contributed by atoms with van der Waals surface area (Å²) in [5.74, 6) is -0.0291. The number of halogens is 1. The maximum Gasteiger partial charge on any atom is 0.166 e. The molecule has 0 radical (unpaired) electrons. The molecule has 106 valence electrons. The summed E-state index contributed by atoms with van der Waals surface area (Å²) < 4.78 is 0.946. The summed E-state index contributed by atoms with van der Waals surface area (Å²) >= 11 is 3.36. The van der Waals surface area contributed by atoms with Crippen LogP contribution in [0.5, 0.6) is 0 Å². The van der Waals surface area contributed by atoms with E-state index in [4.69, 9.17) is 0 Å². The number of hydrogen-bond acceptors (Lipinski definition) is 2. The van der Waals surface area contributed by atoms with Gasteiger partial charge in [0, 0.05) is 27.9 Å². The molecule has 0 aromatic heterocycles. The van der Waals surface area contributed by atoms with Gasteiger partial charge in [-0.3, -0.25) is 9.59 Å². The van der Waals surface area contributed by atoms with Gasteiger partial charge >= 0.3 is 0 Å². The van der Waals surface area contributed by atoms with Gasteiger partial charge in [0.25, 0.3) is 0 Å². The first kappa shape index (κ1) is 14.2. The van der Waals surface area contributed by atoms with Crippen molar-refractivity contribution >= 4 is 27.5 Å². The minimum Gasteiger partial charge on any atom is -0.294 e. The second-order valence-corrected chi connectivity index (χ2v) is 6.31. The van der Waals surface area contributed by atoms with Crippen LogP contribution >= 0.6 is 15.9 Å². The Kier molecular flexibility index (Phi) is 4.02. The lowest BCUT2D eigenvalue weighted by atomic mass is 9.80. The Morgan fingerprint density at radius 3 is 2.57 bits per heavy atom. The predicted molar refractivity (Wildman–Crippen MR) is 85.7 cm³/mol. The molecule has 0 spiro atoms. The first-order valence-corrected chi connectivity index (χ1v) is 7.85. The molecule has 21 heavy (non-hydrogen) atoms. The number of carbonyl (C=O) groups excluding carboxylic acids is 2. The van der Waals surface area contributed by atoms with E-state index in [2.05, 4.69) is 15.9 Å². The van der Waals surface area contributed by atoms with Gasteiger partial charge in [-0.2, -0.15) is 0 Å². The fourth-order valence-corrected chi connectivity index (χ4v) is 3.10. The van der Waals surface area contributed by atoms with Crippen LogP contribution in [-0.4, -0.2) is 11.6 Å². The number of hydrogen-bond donors (Lipinski definition) is 0. The summed E-state index contributed by atoms with van der Waals surface area (Å²) in [5.41, 5.74) is 2.57. The Bertz CT molecular complexity index is 689. The van der Waals surface area contributed by atoms with Crippen molar-refractivity contribution in [1.29, 1.82) is 0 Å². The van der Waals surface area contributed by atoms with E-state index in [1.807, 2.05) is 36.4 Å². The van der Waals surface area contributed by atoms with E-state index in [0.29, 0.717) is 12.0 Å². The minimum atomic E-state index is -0.184. The molecular weight excluding hydrogens is 328 g/mol. The lowest BCUT2D eigenvalue weighted by molar-refractivity contribution is 0.0836. The third kappa shape index (κ3) is 2.98. The average Bonchev–Trinajstić information content (AvgIpc) is 2.51. The third-order valence-corrected chi connectivity index (χ3v) is 4.54. The van der Waals surface area contributed by atoms with Crippen LogP contribution in [0.1, 0.15) is 39.1 Å². The van der Waals surface area contributed by atoms with Crippen LogP contribution in [0.25, 0.3) is 0 Å². The minimum absolute atomic E-state index is 0.0419. The van der Waals surface area contributed by atoms with Crippen molar-refractivity contribution in [2.45, 2.75) is 19.3 Å². The molecule has 3 heteroatoms. The zero-order chi connectivity index (χ0) is 14.8. The van der Waals surface area contributed by atoms with Crippen molar-refractivity contribution in [1.82, 2.24) is 0 Å². The van der Waals surface area contributed by atoms with Crippen molar-refractivity contribution in [3.63, 3.8) is 0 Å². The number of rotatable bonds is 3. The highest BCUT2D eigenvalue weighted by atomic mass is 79.9. The summed E-state index contributed by atoms with van der Waals surface area (Å²) in [6.07, 6.45) is 1.94. The summed E-state index contributed by atoms with van der Waals surface area (Å²) in [6.45, 7) is 0. The molecule has 0 saturated heterocycles. The van der Waals surface area contributed by atoms with E-state index in [9.17, 15) is 9.59 Å². The summed E-state index contributed by atoms with van der Waals surface area (Å²) in [4.78, 5) is 24.8. The Morgan fingerprint density at radius 1 is 1.10 bits per heavy atom. The molecule has 2 nitrogen and oxygen atoms in total. The molecule has 0 amide bonds. The molecule has 2 aromatic carbocycles. The molecule has 0 saturated carbocycles. The molecule has 1 unspecified atom stereocenters. The van der Waals surface area contributed by atoms with Gasteiger partial charge in [0.1, 0.15) is 0 Å². The van der Waals surface area contributed by atoms with Crippen LogP contribution in [0.15, 0.2) is 53.0 Å². The smallest absolute Gasteiger partial charge is 0.166 e. The number of Topliss-reactive ketones (excluding diaryl/α,β-unsaturated/α-hetero) is 2. The molecule has 0 aliphatic heterocycles. The normalized spacial score (nSPS) is 17.4. The second kappa shape index (κ2) is 5.94. The standard InChI is InChI=1S/C18H15BrO2/c19-15-9-7-13(8-10-15)17(20)11-14-6-5-12-3-1-2-4-16(12)18(14)21/h1-4,7-10,14H,5-6,11H2. The van der Waals surface area contributed by atoms with E-state index in [1.54, 1.807) is 12.1 Å². The van der Waals surface area contributed by atoms with Crippen molar-refractivity contribution in [2.75, 3.05) is 0 Å². The summed E-state index contributed by atoms with van der Waals surface area (Å²) in [6, 6.07) is 15.0. The molecule has 1 aliphatic rings. The molecule has 3 rings (SSSR count). The van der Waals surface area contributed by atoms with Crippen molar-refractivity contribution in [3.05, 3.63) is 69.7 Å². The van der Waals surface area contributed by atoms with Crippen LogP contribution in [-0.2, 0) is 6.42 Å². The zero-order valence-electron chi connectivity index (χ0n) is 11.5. The third-order valence-electron chi connectivity index (χ3n) is 4.01. The molecule has 0 N–H and O–H groups in total. The van der Waals surface area contributed by atoms with Crippen molar-refractivity contribution in [2.24, 2.45) is 5.92 Å². The second-order valence-electron chi connectivity index (χ2n) is 5.39. The van der Waals surface area contributed by atoms with Crippen LogP contribution in [0.2, 0.25) is 0 Å².